The van der Waals surface area contributed by atoms with E-state index in [4.69, 9.17) is 0 Å². The van der Waals surface area contributed by atoms with Crippen LogP contribution in [0, 0.1) is 19.8 Å². The first-order chi connectivity index (χ1) is 11.5. The van der Waals surface area contributed by atoms with Gasteiger partial charge in [0, 0.05) is 12.1 Å². The van der Waals surface area contributed by atoms with Crippen molar-refractivity contribution in [2.24, 2.45) is 5.92 Å². The number of benzene rings is 1. The van der Waals surface area contributed by atoms with E-state index in [-0.39, 0.29) is 23.5 Å². The normalized spacial score (nSPS) is 19.2. The maximum atomic E-state index is 12.4. The van der Waals surface area contributed by atoms with E-state index in [2.05, 4.69) is 15.0 Å². The number of carbonyl (C=O) groups is 1. The van der Waals surface area contributed by atoms with Crippen LogP contribution in [0.2, 0.25) is 0 Å². The van der Waals surface area contributed by atoms with Crippen LogP contribution in [0.4, 0.5) is 14.5 Å². The molecule has 0 spiro atoms. The summed E-state index contributed by atoms with van der Waals surface area (Å²) in [7, 11) is 0. The third-order valence-corrected chi connectivity index (χ3v) is 4.26. The molecule has 1 saturated carbocycles. The maximum absolute atomic E-state index is 12.4. The van der Waals surface area contributed by atoms with Crippen LogP contribution >= 0.6 is 0 Å². The van der Waals surface area contributed by atoms with Gasteiger partial charge < -0.3 is 10.1 Å². The van der Waals surface area contributed by atoms with Crippen LogP contribution in [0.25, 0.3) is 0 Å². The summed E-state index contributed by atoms with van der Waals surface area (Å²) in [6.45, 7) is 0.951. The average molecular weight is 332 g/mol. The van der Waals surface area contributed by atoms with Crippen molar-refractivity contribution in [3.8, 4) is 5.75 Å². The Morgan fingerprint density at radius 3 is 2.58 bits per heavy atom. The Morgan fingerprint density at radius 1 is 1.25 bits per heavy atom. The van der Waals surface area contributed by atoms with Crippen LogP contribution in [0.3, 0.4) is 0 Å². The van der Waals surface area contributed by atoms with Crippen LogP contribution in [0.1, 0.15) is 29.2 Å². The first-order valence-electron chi connectivity index (χ1n) is 7.73. The van der Waals surface area contributed by atoms with Gasteiger partial charge in [0.1, 0.15) is 5.75 Å². The highest BCUT2D eigenvalue weighted by Gasteiger charge is 2.44. The summed E-state index contributed by atoms with van der Waals surface area (Å²) in [5.41, 5.74) is 3.47. The number of alkyl halides is 2. The summed E-state index contributed by atoms with van der Waals surface area (Å²) in [5.74, 6) is 0.0953. The number of hydrogen-bond donors (Lipinski definition) is 1. The zero-order valence-corrected chi connectivity index (χ0v) is 13.4. The predicted molar refractivity (Wildman–Crippen MR) is 86.3 cm³/mol. The molecule has 1 aliphatic rings. The van der Waals surface area contributed by atoms with Gasteiger partial charge in [-0.25, -0.2) is 0 Å². The summed E-state index contributed by atoms with van der Waals surface area (Å²) in [6.07, 6.45) is 2.46. The minimum atomic E-state index is -2.83. The Balaban J connectivity index is 1.63. The van der Waals surface area contributed by atoms with Crippen LogP contribution in [0.5, 0.6) is 5.75 Å². The van der Waals surface area contributed by atoms with E-state index >= 15 is 0 Å². The van der Waals surface area contributed by atoms with E-state index in [0.29, 0.717) is 0 Å². The molecule has 24 heavy (non-hydrogen) atoms. The number of ether oxygens (including phenoxy) is 1. The van der Waals surface area contributed by atoms with Crippen molar-refractivity contribution in [1.29, 1.82) is 0 Å². The first-order valence-corrected chi connectivity index (χ1v) is 7.73. The third-order valence-electron chi connectivity index (χ3n) is 4.26. The van der Waals surface area contributed by atoms with Crippen LogP contribution in [0.15, 0.2) is 36.5 Å². The fraction of sp³-hybridized carbons (Fsp3) is 0.333. The number of anilines is 1. The Morgan fingerprint density at radius 2 is 1.96 bits per heavy atom. The Hall–Kier alpha value is -2.50. The molecule has 1 N–H and O–H groups in total. The van der Waals surface area contributed by atoms with Crippen molar-refractivity contribution >= 4 is 11.6 Å². The molecule has 2 aromatic rings. The number of aryl methyl sites for hydroxylation is 2. The van der Waals surface area contributed by atoms with E-state index in [9.17, 15) is 13.6 Å². The van der Waals surface area contributed by atoms with Gasteiger partial charge in [0.15, 0.2) is 0 Å². The highest BCUT2D eigenvalue weighted by molar-refractivity contribution is 5.96. The number of carbonyl (C=O) groups excluding carboxylic acids is 1. The molecule has 1 fully saturated rings. The van der Waals surface area contributed by atoms with E-state index in [1.165, 1.54) is 12.1 Å². The SMILES string of the molecule is Cc1ccnc(C)c1NC(=O)[C@@H]1C[C@H]1c1ccc(OC(F)F)cc1. The molecule has 6 heteroatoms. The molecule has 1 amide bonds. The van der Waals surface area contributed by atoms with Gasteiger partial charge in [-0.3, -0.25) is 9.78 Å². The lowest BCUT2D eigenvalue weighted by molar-refractivity contribution is -0.117. The zero-order valence-electron chi connectivity index (χ0n) is 13.4. The van der Waals surface area contributed by atoms with Crippen LogP contribution in [-0.4, -0.2) is 17.5 Å². The summed E-state index contributed by atoms with van der Waals surface area (Å²) in [6, 6.07) is 8.33. The van der Waals surface area contributed by atoms with Gasteiger partial charge in [0.2, 0.25) is 5.91 Å². The smallest absolute Gasteiger partial charge is 0.387 e. The molecule has 126 valence electrons. The minimum absolute atomic E-state index is 0.0351. The number of aromatic nitrogens is 1. The van der Waals surface area contributed by atoms with Crippen LogP contribution in [-0.2, 0) is 4.79 Å². The molecular formula is C18H18F2N2O2. The first kappa shape index (κ1) is 16.4. The van der Waals surface area contributed by atoms with Gasteiger partial charge >= 0.3 is 6.61 Å². The molecule has 4 nitrogen and oxygen atoms in total. The number of pyridine rings is 1. The molecule has 1 heterocycles. The lowest BCUT2D eigenvalue weighted by Gasteiger charge is -2.10. The number of hydrogen-bond acceptors (Lipinski definition) is 3. The maximum Gasteiger partial charge on any atom is 0.387 e. The monoisotopic (exact) mass is 332 g/mol. The standard InChI is InChI=1S/C18H18F2N2O2/c1-10-7-8-21-11(2)16(10)22-17(23)15-9-14(15)12-3-5-13(6-4-12)24-18(19)20/h3-8,14-15,18H,9H2,1-2H3,(H,22,23)/t14-,15+/m0/s1. The molecule has 2 atom stereocenters. The summed E-state index contributed by atoms with van der Waals surface area (Å²) in [5, 5.41) is 2.95. The van der Waals surface area contributed by atoms with Crippen molar-refractivity contribution in [2.75, 3.05) is 5.32 Å². The van der Waals surface area contributed by atoms with Gasteiger partial charge in [0.05, 0.1) is 11.4 Å². The molecule has 0 unspecified atom stereocenters. The molecule has 0 saturated heterocycles. The Labute approximate surface area is 138 Å². The molecule has 0 radical (unpaired) electrons. The Bertz CT molecular complexity index is 727. The summed E-state index contributed by atoms with van der Waals surface area (Å²) in [4.78, 5) is 16.6. The van der Waals surface area contributed by atoms with Gasteiger partial charge in [-0.15, -0.1) is 0 Å². The number of rotatable bonds is 5. The van der Waals surface area contributed by atoms with E-state index in [1.807, 2.05) is 19.9 Å². The van der Waals surface area contributed by atoms with Crippen molar-refractivity contribution in [2.45, 2.75) is 32.8 Å². The largest absolute Gasteiger partial charge is 0.435 e. The molecule has 0 bridgehead atoms. The highest BCUT2D eigenvalue weighted by atomic mass is 19.3. The van der Waals surface area contributed by atoms with Gasteiger partial charge in [-0.05, 0) is 55.5 Å². The minimum Gasteiger partial charge on any atom is -0.435 e. The number of nitrogens with zero attached hydrogens (tertiary/aromatic N) is 1. The summed E-state index contributed by atoms with van der Waals surface area (Å²) < 4.78 is 28.6. The molecule has 0 aliphatic heterocycles. The lowest BCUT2D eigenvalue weighted by atomic mass is 10.1. The second-order valence-electron chi connectivity index (χ2n) is 5.97. The van der Waals surface area contributed by atoms with Crippen molar-refractivity contribution < 1.29 is 18.3 Å². The van der Waals surface area contributed by atoms with Crippen molar-refractivity contribution in [3.05, 3.63) is 53.3 Å². The topological polar surface area (TPSA) is 51.2 Å². The zero-order chi connectivity index (χ0) is 17.3. The fourth-order valence-corrected chi connectivity index (χ4v) is 2.85. The summed E-state index contributed by atoms with van der Waals surface area (Å²) >= 11 is 0. The molecule has 1 aliphatic carbocycles. The highest BCUT2D eigenvalue weighted by Crippen LogP contribution is 2.48. The van der Waals surface area contributed by atoms with E-state index in [1.54, 1.807) is 18.3 Å². The second kappa shape index (κ2) is 6.55. The van der Waals surface area contributed by atoms with Gasteiger partial charge in [0.25, 0.3) is 0 Å². The molecular weight excluding hydrogens is 314 g/mol. The Kier molecular flexibility index (Phi) is 4.46. The number of amides is 1. The molecule has 1 aromatic heterocycles. The van der Waals surface area contributed by atoms with Crippen molar-refractivity contribution in [3.63, 3.8) is 0 Å². The lowest BCUT2D eigenvalue weighted by Crippen LogP contribution is -2.16. The second-order valence-corrected chi connectivity index (χ2v) is 5.97. The van der Waals surface area contributed by atoms with Gasteiger partial charge in [-0.2, -0.15) is 8.78 Å². The molecule has 1 aromatic carbocycles. The van der Waals surface area contributed by atoms with Crippen molar-refractivity contribution in [1.82, 2.24) is 4.98 Å². The van der Waals surface area contributed by atoms with E-state index < -0.39 is 6.61 Å². The quantitative estimate of drug-likeness (QED) is 0.899. The third kappa shape index (κ3) is 3.53. The fourth-order valence-electron chi connectivity index (χ4n) is 2.85. The number of halogens is 2. The van der Waals surface area contributed by atoms with Gasteiger partial charge in [-0.1, -0.05) is 12.1 Å². The number of nitrogens with one attached hydrogen (secondary N) is 1. The predicted octanol–water partition coefficient (Wildman–Crippen LogP) is 4.04. The van der Waals surface area contributed by atoms with Crippen LogP contribution < -0.4 is 10.1 Å². The van der Waals surface area contributed by atoms with E-state index in [0.717, 1.165) is 28.9 Å². The average Bonchev–Trinajstić information content (AvgIpc) is 3.32. The molecule has 3 rings (SSSR count).